The molecule has 0 unspecified atom stereocenters. The Morgan fingerprint density at radius 1 is 1.26 bits per heavy atom. The lowest BCUT2D eigenvalue weighted by atomic mass is 10.0. The molecular weight excluding hydrogens is 360 g/mol. The van der Waals surface area contributed by atoms with Crippen molar-refractivity contribution in [1.82, 2.24) is 20.2 Å². The topological polar surface area (TPSA) is 67.3 Å². The molecule has 3 heterocycles. The van der Waals surface area contributed by atoms with Crippen molar-refractivity contribution in [3.8, 4) is 5.88 Å². The monoisotopic (exact) mass is 382 g/mol. The molecule has 27 heavy (non-hydrogen) atoms. The summed E-state index contributed by atoms with van der Waals surface area (Å²) >= 11 is 1.37. The summed E-state index contributed by atoms with van der Waals surface area (Å²) in [6.07, 6.45) is 3.39. The molecule has 1 amide bonds. The number of amides is 1. The fourth-order valence-corrected chi connectivity index (χ4v) is 4.33. The number of hydrogen-bond donors (Lipinski definition) is 1. The molecule has 1 saturated heterocycles. The summed E-state index contributed by atoms with van der Waals surface area (Å²) in [5, 5.41) is 3.96. The number of likely N-dealkylation sites (tertiary alicyclic amines) is 1. The number of ether oxygens (including phenoxy) is 1. The largest absolute Gasteiger partial charge is 0.480 e. The first-order valence-corrected chi connectivity index (χ1v) is 9.90. The predicted octanol–water partition coefficient (Wildman–Crippen LogP) is 3.09. The lowest BCUT2D eigenvalue weighted by Gasteiger charge is -2.32. The van der Waals surface area contributed by atoms with E-state index in [0.29, 0.717) is 10.8 Å². The molecule has 140 valence electrons. The summed E-state index contributed by atoms with van der Waals surface area (Å²) < 4.78 is 5.25. The van der Waals surface area contributed by atoms with Gasteiger partial charge in [0, 0.05) is 25.7 Å². The lowest BCUT2D eigenvalue weighted by molar-refractivity contribution is 0.0913. The van der Waals surface area contributed by atoms with Crippen LogP contribution in [0.4, 0.5) is 0 Å². The Kier molecular flexibility index (Phi) is 5.31. The van der Waals surface area contributed by atoms with Gasteiger partial charge in [0.25, 0.3) is 5.91 Å². The maximum absolute atomic E-state index is 12.7. The van der Waals surface area contributed by atoms with Gasteiger partial charge in [-0.1, -0.05) is 30.3 Å². The average Bonchev–Trinajstić information content (AvgIpc) is 3.15. The standard InChI is InChI=1S/C20H22N4O2S/c1-26-19-16-11-17(27-20(16)22-13-21-19)18(25)23-15-7-9-24(10-8-15)12-14-5-3-2-4-6-14/h2-6,11,13,15H,7-10,12H2,1H3,(H,23,25). The highest BCUT2D eigenvalue weighted by Gasteiger charge is 2.22. The second kappa shape index (κ2) is 8.02. The Hall–Kier alpha value is -2.51. The van der Waals surface area contributed by atoms with Gasteiger partial charge in [-0.2, -0.15) is 0 Å². The third kappa shape index (κ3) is 4.09. The van der Waals surface area contributed by atoms with E-state index < -0.39 is 0 Å². The number of rotatable bonds is 5. The van der Waals surface area contributed by atoms with E-state index in [1.165, 1.54) is 23.2 Å². The number of piperidine rings is 1. The number of nitrogens with zero attached hydrogens (tertiary/aromatic N) is 3. The molecule has 6 nitrogen and oxygen atoms in total. The van der Waals surface area contributed by atoms with Crippen molar-refractivity contribution in [2.75, 3.05) is 20.2 Å². The van der Waals surface area contributed by atoms with Gasteiger partial charge in [0.05, 0.1) is 17.4 Å². The zero-order valence-corrected chi connectivity index (χ0v) is 16.0. The second-order valence-corrected chi connectivity index (χ2v) is 7.75. The molecule has 4 rings (SSSR count). The summed E-state index contributed by atoms with van der Waals surface area (Å²) in [5.41, 5.74) is 1.33. The van der Waals surface area contributed by atoms with Gasteiger partial charge in [-0.25, -0.2) is 9.97 Å². The van der Waals surface area contributed by atoms with E-state index in [1.54, 1.807) is 7.11 Å². The van der Waals surface area contributed by atoms with Crippen molar-refractivity contribution >= 4 is 27.5 Å². The molecule has 1 fully saturated rings. The predicted molar refractivity (Wildman–Crippen MR) is 106 cm³/mol. The minimum absolute atomic E-state index is 0.0402. The minimum atomic E-state index is -0.0402. The van der Waals surface area contributed by atoms with Gasteiger partial charge in [0.1, 0.15) is 11.2 Å². The average molecular weight is 382 g/mol. The van der Waals surface area contributed by atoms with Gasteiger partial charge in [-0.05, 0) is 24.5 Å². The number of aromatic nitrogens is 2. The van der Waals surface area contributed by atoms with Crippen LogP contribution >= 0.6 is 11.3 Å². The molecule has 0 aliphatic carbocycles. The maximum atomic E-state index is 12.7. The molecule has 0 atom stereocenters. The highest BCUT2D eigenvalue weighted by molar-refractivity contribution is 7.20. The van der Waals surface area contributed by atoms with E-state index in [2.05, 4.69) is 44.5 Å². The van der Waals surface area contributed by atoms with E-state index in [0.717, 1.165) is 42.7 Å². The summed E-state index contributed by atoms with van der Waals surface area (Å²) in [7, 11) is 1.57. The molecule has 3 aromatic rings. The Balaban J connectivity index is 1.34. The molecule has 1 aromatic carbocycles. The molecular formula is C20H22N4O2S. The smallest absolute Gasteiger partial charge is 0.261 e. The van der Waals surface area contributed by atoms with Crippen LogP contribution in [0.5, 0.6) is 5.88 Å². The fourth-order valence-electron chi connectivity index (χ4n) is 3.44. The van der Waals surface area contributed by atoms with Gasteiger partial charge >= 0.3 is 0 Å². The van der Waals surface area contributed by atoms with Gasteiger partial charge in [-0.15, -0.1) is 11.3 Å². The Morgan fingerprint density at radius 2 is 2.04 bits per heavy atom. The van der Waals surface area contributed by atoms with Crippen LogP contribution in [0.15, 0.2) is 42.7 Å². The molecule has 1 N–H and O–H groups in total. The van der Waals surface area contributed by atoms with E-state index in [1.807, 2.05) is 12.1 Å². The third-order valence-electron chi connectivity index (χ3n) is 4.88. The van der Waals surface area contributed by atoms with Crippen LogP contribution in [0.1, 0.15) is 28.1 Å². The summed E-state index contributed by atoms with van der Waals surface area (Å²) in [6, 6.07) is 12.5. The van der Waals surface area contributed by atoms with E-state index in [9.17, 15) is 4.79 Å². The fraction of sp³-hybridized carbons (Fsp3) is 0.350. The molecule has 2 aromatic heterocycles. The van der Waals surface area contributed by atoms with Gasteiger partial charge in [0.2, 0.25) is 5.88 Å². The van der Waals surface area contributed by atoms with Crippen LogP contribution in [0, 0.1) is 0 Å². The lowest BCUT2D eigenvalue weighted by Crippen LogP contribution is -2.44. The van der Waals surface area contributed by atoms with Crippen LogP contribution in [0.2, 0.25) is 0 Å². The van der Waals surface area contributed by atoms with Crippen molar-refractivity contribution in [2.24, 2.45) is 0 Å². The van der Waals surface area contributed by atoms with E-state index in [-0.39, 0.29) is 11.9 Å². The first-order chi connectivity index (χ1) is 13.2. The number of hydrogen-bond acceptors (Lipinski definition) is 6. The summed E-state index contributed by atoms with van der Waals surface area (Å²) in [6.45, 7) is 2.95. The molecule has 0 saturated carbocycles. The van der Waals surface area contributed by atoms with Gasteiger partial charge in [-0.3, -0.25) is 9.69 Å². The normalized spacial score (nSPS) is 15.7. The number of methoxy groups -OCH3 is 1. The molecule has 7 heteroatoms. The molecule has 0 bridgehead atoms. The molecule has 1 aliphatic rings. The van der Waals surface area contributed by atoms with Crippen molar-refractivity contribution in [3.05, 3.63) is 53.2 Å². The van der Waals surface area contributed by atoms with Crippen LogP contribution in [-0.4, -0.2) is 47.0 Å². The SMILES string of the molecule is COc1ncnc2sc(C(=O)NC3CCN(Cc4ccccc4)CC3)cc12. The zero-order chi connectivity index (χ0) is 18.6. The second-order valence-electron chi connectivity index (χ2n) is 6.72. The first-order valence-electron chi connectivity index (χ1n) is 9.08. The molecule has 0 spiro atoms. The highest BCUT2D eigenvalue weighted by atomic mass is 32.1. The third-order valence-corrected chi connectivity index (χ3v) is 5.92. The number of fused-ring (bicyclic) bond motifs is 1. The molecule has 1 aliphatic heterocycles. The minimum Gasteiger partial charge on any atom is -0.480 e. The van der Waals surface area contributed by atoms with E-state index >= 15 is 0 Å². The Morgan fingerprint density at radius 3 is 2.78 bits per heavy atom. The zero-order valence-electron chi connectivity index (χ0n) is 15.2. The van der Waals surface area contributed by atoms with E-state index in [4.69, 9.17) is 4.74 Å². The first kappa shape index (κ1) is 17.9. The highest BCUT2D eigenvalue weighted by Crippen LogP contribution is 2.29. The van der Waals surface area contributed by atoms with Crippen molar-refractivity contribution in [1.29, 1.82) is 0 Å². The summed E-state index contributed by atoms with van der Waals surface area (Å²) in [4.78, 5) is 24.8. The van der Waals surface area contributed by atoms with Crippen molar-refractivity contribution in [2.45, 2.75) is 25.4 Å². The Bertz CT molecular complexity index is 920. The quantitative estimate of drug-likeness (QED) is 0.734. The number of benzene rings is 1. The number of nitrogens with one attached hydrogen (secondary N) is 1. The van der Waals surface area contributed by atoms with Crippen LogP contribution < -0.4 is 10.1 Å². The molecule has 0 radical (unpaired) electrons. The number of carbonyl (C=O) groups excluding carboxylic acids is 1. The van der Waals surface area contributed by atoms with Crippen molar-refractivity contribution in [3.63, 3.8) is 0 Å². The van der Waals surface area contributed by atoms with Crippen LogP contribution in [-0.2, 0) is 6.54 Å². The maximum Gasteiger partial charge on any atom is 0.261 e. The van der Waals surface area contributed by atoms with Gasteiger partial charge < -0.3 is 10.1 Å². The number of thiophene rings is 1. The van der Waals surface area contributed by atoms with Crippen LogP contribution in [0.25, 0.3) is 10.2 Å². The van der Waals surface area contributed by atoms with Crippen LogP contribution in [0.3, 0.4) is 0 Å². The van der Waals surface area contributed by atoms with Gasteiger partial charge in [0.15, 0.2) is 0 Å². The summed E-state index contributed by atoms with van der Waals surface area (Å²) in [5.74, 6) is 0.464. The number of carbonyl (C=O) groups is 1. The van der Waals surface area contributed by atoms with Crippen molar-refractivity contribution < 1.29 is 9.53 Å². The Labute approximate surface area is 162 Å².